The molecule has 4 aromatic rings. The number of hydrogen-bond donors (Lipinski definition) is 2. The number of aromatic nitrogens is 3. The summed E-state index contributed by atoms with van der Waals surface area (Å²) in [4.78, 5) is 23.6. The number of benzene rings is 2. The normalized spacial score (nSPS) is 10.8. The zero-order valence-corrected chi connectivity index (χ0v) is 13.0. The van der Waals surface area contributed by atoms with E-state index in [1.54, 1.807) is 12.1 Å². The number of pyridine rings is 1. The number of fused-ring (bicyclic) bond motifs is 1. The highest BCUT2D eigenvalue weighted by Gasteiger charge is 2.14. The van der Waals surface area contributed by atoms with Gasteiger partial charge in [-0.25, -0.2) is 14.4 Å². The van der Waals surface area contributed by atoms with E-state index >= 15 is 0 Å². The first-order chi connectivity index (χ1) is 12.2. The van der Waals surface area contributed by atoms with E-state index in [1.165, 1.54) is 24.7 Å². The number of nitrogens with one attached hydrogen (secondary N) is 2. The van der Waals surface area contributed by atoms with Gasteiger partial charge in [0, 0.05) is 17.4 Å². The molecule has 0 unspecified atom stereocenters. The van der Waals surface area contributed by atoms with Gasteiger partial charge in [0.15, 0.2) is 5.65 Å². The lowest BCUT2D eigenvalue weighted by molar-refractivity contribution is 0.102. The second kappa shape index (κ2) is 6.16. The van der Waals surface area contributed by atoms with E-state index in [9.17, 15) is 9.18 Å². The highest BCUT2D eigenvalue weighted by Crippen LogP contribution is 2.26. The zero-order valence-electron chi connectivity index (χ0n) is 13.0. The summed E-state index contributed by atoms with van der Waals surface area (Å²) in [5.41, 5.74) is 3.14. The SMILES string of the molecule is O=C(Nc1ccc(F)c(-c2ccccc2)c1)c1ccnc2nc[nH]c12. The molecule has 25 heavy (non-hydrogen) atoms. The molecule has 0 fully saturated rings. The van der Waals surface area contributed by atoms with Crippen molar-refractivity contribution in [2.45, 2.75) is 0 Å². The molecular formula is C19H13FN4O. The van der Waals surface area contributed by atoms with Crippen LogP contribution in [0.1, 0.15) is 10.4 Å². The van der Waals surface area contributed by atoms with E-state index in [1.807, 2.05) is 30.3 Å². The Kier molecular flexibility index (Phi) is 3.70. The number of hydrogen-bond acceptors (Lipinski definition) is 3. The maximum atomic E-state index is 14.1. The van der Waals surface area contributed by atoms with Gasteiger partial charge in [0.1, 0.15) is 5.82 Å². The summed E-state index contributed by atoms with van der Waals surface area (Å²) in [5.74, 6) is -0.661. The number of carbonyl (C=O) groups excluding carboxylic acids is 1. The largest absolute Gasteiger partial charge is 0.343 e. The van der Waals surface area contributed by atoms with Crippen molar-refractivity contribution >= 4 is 22.8 Å². The van der Waals surface area contributed by atoms with Gasteiger partial charge in [-0.1, -0.05) is 30.3 Å². The highest BCUT2D eigenvalue weighted by atomic mass is 19.1. The molecule has 0 radical (unpaired) electrons. The van der Waals surface area contributed by atoms with E-state index in [4.69, 9.17) is 0 Å². The molecule has 0 saturated heterocycles. The van der Waals surface area contributed by atoms with Gasteiger partial charge in [0.05, 0.1) is 17.4 Å². The van der Waals surface area contributed by atoms with Crippen LogP contribution < -0.4 is 5.32 Å². The Bertz CT molecular complexity index is 1060. The van der Waals surface area contributed by atoms with Gasteiger partial charge >= 0.3 is 0 Å². The fourth-order valence-electron chi connectivity index (χ4n) is 2.68. The van der Waals surface area contributed by atoms with Crippen molar-refractivity contribution in [3.8, 4) is 11.1 Å². The van der Waals surface area contributed by atoms with Crippen molar-refractivity contribution in [2.75, 3.05) is 5.32 Å². The number of nitrogens with zero attached hydrogens (tertiary/aromatic N) is 2. The Morgan fingerprint density at radius 2 is 1.88 bits per heavy atom. The van der Waals surface area contributed by atoms with E-state index in [2.05, 4.69) is 20.3 Å². The molecule has 4 rings (SSSR count). The molecule has 2 aromatic carbocycles. The molecule has 0 bridgehead atoms. The van der Waals surface area contributed by atoms with Crippen LogP contribution in [-0.2, 0) is 0 Å². The van der Waals surface area contributed by atoms with Gasteiger partial charge in [-0.2, -0.15) is 0 Å². The average molecular weight is 332 g/mol. The lowest BCUT2D eigenvalue weighted by Gasteiger charge is -2.09. The van der Waals surface area contributed by atoms with Crippen LogP contribution in [0.25, 0.3) is 22.3 Å². The Hall–Kier alpha value is -3.54. The third kappa shape index (κ3) is 2.85. The fraction of sp³-hybridized carbons (Fsp3) is 0. The topological polar surface area (TPSA) is 70.7 Å². The summed E-state index contributed by atoms with van der Waals surface area (Å²) in [7, 11) is 0. The van der Waals surface area contributed by atoms with Crippen LogP contribution in [0.3, 0.4) is 0 Å². The van der Waals surface area contributed by atoms with Crippen molar-refractivity contribution in [2.24, 2.45) is 0 Å². The average Bonchev–Trinajstić information content (AvgIpc) is 3.12. The van der Waals surface area contributed by atoms with Crippen LogP contribution in [0, 0.1) is 5.82 Å². The molecule has 2 aromatic heterocycles. The number of anilines is 1. The minimum Gasteiger partial charge on any atom is -0.343 e. The summed E-state index contributed by atoms with van der Waals surface area (Å²) in [6.07, 6.45) is 3.01. The Morgan fingerprint density at radius 1 is 1.04 bits per heavy atom. The van der Waals surface area contributed by atoms with Gasteiger partial charge in [0.2, 0.25) is 0 Å². The van der Waals surface area contributed by atoms with Gasteiger partial charge in [-0.3, -0.25) is 4.79 Å². The second-order valence-electron chi connectivity index (χ2n) is 5.47. The molecule has 0 atom stereocenters. The number of imidazole rings is 1. The van der Waals surface area contributed by atoms with Gasteiger partial charge in [-0.15, -0.1) is 0 Å². The maximum Gasteiger partial charge on any atom is 0.257 e. The maximum absolute atomic E-state index is 14.1. The Morgan fingerprint density at radius 3 is 2.72 bits per heavy atom. The standard InChI is InChI=1S/C19H13FN4O/c20-16-7-6-13(10-15(16)12-4-2-1-3-5-12)24-19(25)14-8-9-21-18-17(14)22-11-23-18/h1-11H,(H,24,25)(H,21,22,23). The lowest BCUT2D eigenvalue weighted by atomic mass is 10.0. The number of H-pyrrole nitrogens is 1. The van der Waals surface area contributed by atoms with Crippen LogP contribution in [0.15, 0.2) is 67.1 Å². The zero-order chi connectivity index (χ0) is 17.2. The third-order valence-electron chi connectivity index (χ3n) is 3.88. The number of carbonyl (C=O) groups is 1. The first-order valence-corrected chi connectivity index (χ1v) is 7.67. The molecule has 5 nitrogen and oxygen atoms in total. The summed E-state index contributed by atoms with van der Waals surface area (Å²) < 4.78 is 14.1. The van der Waals surface area contributed by atoms with Crippen LogP contribution in [0.2, 0.25) is 0 Å². The number of aromatic amines is 1. The Balaban J connectivity index is 1.67. The molecule has 0 aliphatic heterocycles. The molecule has 0 aliphatic carbocycles. The van der Waals surface area contributed by atoms with Crippen molar-refractivity contribution in [3.63, 3.8) is 0 Å². The van der Waals surface area contributed by atoms with Crippen molar-refractivity contribution < 1.29 is 9.18 Å². The van der Waals surface area contributed by atoms with E-state index < -0.39 is 0 Å². The molecule has 0 saturated carbocycles. The van der Waals surface area contributed by atoms with Crippen LogP contribution in [0.4, 0.5) is 10.1 Å². The van der Waals surface area contributed by atoms with E-state index in [0.717, 1.165) is 5.56 Å². The summed E-state index contributed by atoms with van der Waals surface area (Å²) in [6.45, 7) is 0. The van der Waals surface area contributed by atoms with Crippen LogP contribution in [-0.4, -0.2) is 20.9 Å². The van der Waals surface area contributed by atoms with E-state index in [-0.39, 0.29) is 11.7 Å². The first kappa shape index (κ1) is 15.0. The minimum absolute atomic E-state index is 0.317. The van der Waals surface area contributed by atoms with Crippen molar-refractivity contribution in [1.29, 1.82) is 0 Å². The van der Waals surface area contributed by atoms with Crippen LogP contribution >= 0.6 is 0 Å². The molecule has 1 amide bonds. The summed E-state index contributed by atoms with van der Waals surface area (Å²) in [5, 5.41) is 2.80. The van der Waals surface area contributed by atoms with Crippen molar-refractivity contribution in [1.82, 2.24) is 15.0 Å². The number of rotatable bonds is 3. The van der Waals surface area contributed by atoms with Gasteiger partial charge in [0.25, 0.3) is 5.91 Å². The summed E-state index contributed by atoms with van der Waals surface area (Å²) >= 11 is 0. The smallest absolute Gasteiger partial charge is 0.257 e. The predicted molar refractivity (Wildman–Crippen MR) is 93.7 cm³/mol. The lowest BCUT2D eigenvalue weighted by Crippen LogP contribution is -2.13. The molecular weight excluding hydrogens is 319 g/mol. The predicted octanol–water partition coefficient (Wildman–Crippen LogP) is 4.02. The third-order valence-corrected chi connectivity index (χ3v) is 3.88. The first-order valence-electron chi connectivity index (χ1n) is 7.67. The summed E-state index contributed by atoms with van der Waals surface area (Å²) in [6, 6.07) is 15.3. The van der Waals surface area contributed by atoms with Crippen molar-refractivity contribution in [3.05, 3.63) is 78.5 Å². The molecule has 6 heteroatoms. The molecule has 0 aliphatic rings. The van der Waals surface area contributed by atoms with Crippen LogP contribution in [0.5, 0.6) is 0 Å². The van der Waals surface area contributed by atoms with Gasteiger partial charge < -0.3 is 10.3 Å². The van der Waals surface area contributed by atoms with Gasteiger partial charge in [-0.05, 0) is 29.8 Å². The molecule has 2 N–H and O–H groups in total. The second-order valence-corrected chi connectivity index (χ2v) is 5.47. The monoisotopic (exact) mass is 332 g/mol. The van der Waals surface area contributed by atoms with E-state index in [0.29, 0.717) is 28.0 Å². The molecule has 2 heterocycles. The Labute approximate surface area is 142 Å². The number of halogens is 1. The minimum atomic E-state index is -0.343. The molecule has 0 spiro atoms. The number of amides is 1. The highest BCUT2D eigenvalue weighted by molar-refractivity contribution is 6.11. The quantitative estimate of drug-likeness (QED) is 0.595. The fourth-order valence-corrected chi connectivity index (χ4v) is 2.68. The molecule has 122 valence electrons.